The molecule has 0 amide bonds. The van der Waals surface area contributed by atoms with Crippen LogP contribution in [0.25, 0.3) is 187 Å². The molecule has 0 radical (unpaired) electrons. The van der Waals surface area contributed by atoms with Crippen molar-refractivity contribution < 1.29 is 8.83 Å². The van der Waals surface area contributed by atoms with E-state index in [2.05, 4.69) is 447 Å². The van der Waals surface area contributed by atoms with E-state index in [0.717, 1.165) is 106 Å². The van der Waals surface area contributed by atoms with Gasteiger partial charge in [-0.05, 0) is 282 Å². The van der Waals surface area contributed by atoms with Crippen LogP contribution in [0, 0.1) is 0 Å². The standard InChI is InChI=1S/C62H41NO.C54H35NO/c1-3-11-42(12-4-1)51-38-52(43-13-5-2-6-14-43)40-53(39-51)46-25-33-56(34-26-46)63(55-31-23-45(24-32-55)49-28-36-62-60(41-49)59-17-9-10-18-61(59)64-62)54-29-21-44(22-30-54)48-27-35-58-50(37-48)20-19-47-15-7-8-16-57(47)58;1-3-11-47-38(8-1)10-7-14-49(47)40-22-30-46(31-23-40)55(45-28-20-37(21-29-45)42-25-33-54-52(35-42)51-13-5-6-15-53(51)56-54)44-26-18-36(19-27-44)41-24-32-50-43(34-41)17-16-39-9-2-4-12-48(39)50/h1-41H;1-35H. The van der Waals surface area contributed by atoms with E-state index < -0.39 is 0 Å². The molecule has 0 fully saturated rings. The fourth-order valence-electron chi connectivity index (χ4n) is 17.8. The summed E-state index contributed by atoms with van der Waals surface area (Å²) in [6.07, 6.45) is 0. The van der Waals surface area contributed by atoms with Crippen LogP contribution in [-0.2, 0) is 0 Å². The molecule has 0 aliphatic heterocycles. The minimum absolute atomic E-state index is 0.903. The molecule has 0 aliphatic carbocycles. The molecular weight excluding hydrogens is 1450 g/mol. The third-order valence-corrected chi connectivity index (χ3v) is 23.9. The predicted molar refractivity (Wildman–Crippen MR) is 508 cm³/mol. The normalized spacial score (nSPS) is 11.5. The zero-order valence-electron chi connectivity index (χ0n) is 65.6. The van der Waals surface area contributed by atoms with Crippen LogP contribution >= 0.6 is 0 Å². The van der Waals surface area contributed by atoms with Crippen LogP contribution in [0.3, 0.4) is 0 Å². The van der Waals surface area contributed by atoms with Gasteiger partial charge in [0.15, 0.2) is 0 Å². The van der Waals surface area contributed by atoms with Crippen LogP contribution in [0.15, 0.2) is 470 Å². The SMILES string of the molecule is c1ccc(-c2cc(-c3ccccc3)cc(-c3ccc(N(c4ccc(-c5ccc6c(ccc7ccccc76)c5)cc4)c4ccc(-c5ccc6oc7ccccc7c6c5)cc4)cc3)c2)cc1.c1ccc2c(-c3ccc(N(c4ccc(-c5ccc6c(ccc7ccccc76)c5)cc4)c4ccc(-c5ccc6oc7ccccc7c6c5)cc4)cc3)cccc2c1. The van der Waals surface area contributed by atoms with Gasteiger partial charge >= 0.3 is 0 Å². The van der Waals surface area contributed by atoms with Crippen LogP contribution < -0.4 is 9.80 Å². The summed E-state index contributed by atoms with van der Waals surface area (Å²) in [5.41, 5.74) is 29.1. The Labute approximate surface area is 695 Å². The van der Waals surface area contributed by atoms with Gasteiger partial charge in [-0.15, -0.1) is 0 Å². The summed E-state index contributed by atoms with van der Waals surface area (Å²) in [5.74, 6) is 0. The fourth-order valence-corrected chi connectivity index (χ4v) is 17.8. The van der Waals surface area contributed by atoms with Gasteiger partial charge in [-0.3, -0.25) is 0 Å². The van der Waals surface area contributed by atoms with Crippen LogP contribution in [0.1, 0.15) is 0 Å². The monoisotopic (exact) mass is 1530 g/mol. The molecule has 23 rings (SSSR count). The number of furan rings is 2. The Kier molecular flexibility index (Phi) is 17.9. The van der Waals surface area contributed by atoms with E-state index in [1.807, 2.05) is 24.3 Å². The molecule has 23 aromatic rings. The Morgan fingerprint density at radius 3 is 0.775 bits per heavy atom. The average molecular weight is 1530 g/mol. The summed E-state index contributed by atoms with van der Waals surface area (Å²) in [6, 6.07) is 166. The van der Waals surface area contributed by atoms with E-state index in [0.29, 0.717) is 0 Å². The number of hydrogen-bond acceptors (Lipinski definition) is 4. The number of benzene rings is 21. The summed E-state index contributed by atoms with van der Waals surface area (Å²) in [5, 5.41) is 17.2. The second-order valence-electron chi connectivity index (χ2n) is 31.1. The van der Waals surface area contributed by atoms with E-state index in [-0.39, 0.29) is 0 Å². The Morgan fingerprint density at radius 1 is 0.125 bits per heavy atom. The van der Waals surface area contributed by atoms with Gasteiger partial charge in [-0.25, -0.2) is 0 Å². The molecule has 0 aliphatic rings. The summed E-state index contributed by atoms with van der Waals surface area (Å²) >= 11 is 0. The van der Waals surface area contributed by atoms with Gasteiger partial charge in [0.25, 0.3) is 0 Å². The lowest BCUT2D eigenvalue weighted by molar-refractivity contribution is 0.668. The van der Waals surface area contributed by atoms with E-state index in [1.165, 1.54) is 115 Å². The quantitative estimate of drug-likeness (QED) is 0.102. The van der Waals surface area contributed by atoms with Crippen LogP contribution in [-0.4, -0.2) is 0 Å². The molecule has 120 heavy (non-hydrogen) atoms. The molecule has 0 atom stereocenters. The third kappa shape index (κ3) is 13.4. The number of fused-ring (bicyclic) bond motifs is 13. The zero-order chi connectivity index (χ0) is 79.4. The lowest BCUT2D eigenvalue weighted by atomic mass is 9.93. The topological polar surface area (TPSA) is 32.8 Å². The van der Waals surface area contributed by atoms with Crippen molar-refractivity contribution in [2.75, 3.05) is 9.80 Å². The highest BCUT2D eigenvalue weighted by molar-refractivity contribution is 6.11. The fraction of sp³-hybridized carbons (Fsp3) is 0. The summed E-state index contributed by atoms with van der Waals surface area (Å²) in [4.78, 5) is 4.70. The first-order valence-corrected chi connectivity index (χ1v) is 41.0. The van der Waals surface area contributed by atoms with Crippen LogP contribution in [0.4, 0.5) is 34.1 Å². The molecule has 0 bridgehead atoms. The maximum Gasteiger partial charge on any atom is 0.135 e. The molecule has 0 spiro atoms. The maximum absolute atomic E-state index is 6.14. The van der Waals surface area contributed by atoms with Crippen molar-refractivity contribution in [1.29, 1.82) is 0 Å². The van der Waals surface area contributed by atoms with Gasteiger partial charge in [0.2, 0.25) is 0 Å². The van der Waals surface area contributed by atoms with Gasteiger partial charge in [0.1, 0.15) is 22.3 Å². The van der Waals surface area contributed by atoms with Gasteiger partial charge in [-0.1, -0.05) is 322 Å². The summed E-state index contributed by atoms with van der Waals surface area (Å²) < 4.78 is 12.3. The molecule has 0 saturated carbocycles. The van der Waals surface area contributed by atoms with E-state index in [1.54, 1.807) is 0 Å². The van der Waals surface area contributed by atoms with Crippen LogP contribution in [0.5, 0.6) is 0 Å². The number of para-hydroxylation sites is 2. The zero-order valence-corrected chi connectivity index (χ0v) is 65.6. The molecule has 21 aromatic carbocycles. The number of rotatable bonds is 14. The Bertz CT molecular complexity index is 7720. The maximum atomic E-state index is 6.14. The van der Waals surface area contributed by atoms with Gasteiger partial charge < -0.3 is 18.6 Å². The lowest BCUT2D eigenvalue weighted by Crippen LogP contribution is -2.09. The Morgan fingerprint density at radius 2 is 0.383 bits per heavy atom. The first-order valence-electron chi connectivity index (χ1n) is 41.0. The number of nitrogens with zero attached hydrogens (tertiary/aromatic N) is 2. The highest BCUT2D eigenvalue weighted by Gasteiger charge is 2.20. The van der Waals surface area contributed by atoms with E-state index in [9.17, 15) is 0 Å². The minimum Gasteiger partial charge on any atom is -0.456 e. The van der Waals surface area contributed by atoms with Crippen molar-refractivity contribution >= 4 is 132 Å². The Hall–Kier alpha value is -15.9. The average Bonchev–Trinajstić information content (AvgIpc) is 1.49. The van der Waals surface area contributed by atoms with Crippen LogP contribution in [0.2, 0.25) is 0 Å². The molecule has 0 N–H and O–H groups in total. The van der Waals surface area contributed by atoms with Crippen molar-refractivity contribution in [2.45, 2.75) is 0 Å². The molecule has 2 aromatic heterocycles. The second kappa shape index (κ2) is 30.4. The van der Waals surface area contributed by atoms with Gasteiger partial charge in [0, 0.05) is 55.7 Å². The Balaban J connectivity index is 0.000000145. The third-order valence-electron chi connectivity index (χ3n) is 23.9. The molecule has 0 unspecified atom stereocenters. The molecule has 4 nitrogen and oxygen atoms in total. The van der Waals surface area contributed by atoms with Gasteiger partial charge in [0.05, 0.1) is 0 Å². The smallest absolute Gasteiger partial charge is 0.135 e. The first-order chi connectivity index (χ1) is 59.4. The van der Waals surface area contributed by atoms with Crippen molar-refractivity contribution in [1.82, 2.24) is 0 Å². The summed E-state index contributed by atoms with van der Waals surface area (Å²) in [7, 11) is 0. The molecule has 4 heteroatoms. The second-order valence-corrected chi connectivity index (χ2v) is 31.1. The molecular formula is C116H76N2O2. The van der Waals surface area contributed by atoms with E-state index >= 15 is 0 Å². The van der Waals surface area contributed by atoms with E-state index in [4.69, 9.17) is 8.83 Å². The van der Waals surface area contributed by atoms with Crippen molar-refractivity contribution in [2.24, 2.45) is 0 Å². The first kappa shape index (κ1) is 70.7. The van der Waals surface area contributed by atoms with Crippen molar-refractivity contribution in [3.05, 3.63) is 461 Å². The molecule has 0 saturated heterocycles. The van der Waals surface area contributed by atoms with Crippen molar-refractivity contribution in [3.8, 4) is 89.0 Å². The number of anilines is 6. The minimum atomic E-state index is 0.903. The van der Waals surface area contributed by atoms with Gasteiger partial charge in [-0.2, -0.15) is 0 Å². The number of hydrogen-bond donors (Lipinski definition) is 0. The molecule has 2 heterocycles. The van der Waals surface area contributed by atoms with Crippen molar-refractivity contribution in [3.63, 3.8) is 0 Å². The predicted octanol–water partition coefficient (Wildman–Crippen LogP) is 33.2. The highest BCUT2D eigenvalue weighted by atomic mass is 16.3. The molecule has 562 valence electrons. The highest BCUT2D eigenvalue weighted by Crippen LogP contribution is 2.45. The summed E-state index contributed by atoms with van der Waals surface area (Å²) in [6.45, 7) is 0. The largest absolute Gasteiger partial charge is 0.456 e. The lowest BCUT2D eigenvalue weighted by Gasteiger charge is -2.26.